The van der Waals surface area contributed by atoms with Crippen LogP contribution in [-0.2, 0) is 0 Å². The van der Waals surface area contributed by atoms with E-state index in [0.29, 0.717) is 18.5 Å². The maximum atomic E-state index is 9.86. The van der Waals surface area contributed by atoms with E-state index in [2.05, 4.69) is 21.0 Å². The lowest BCUT2D eigenvalue weighted by Crippen LogP contribution is -2.40. The molecule has 1 heterocycles. The lowest BCUT2D eigenvalue weighted by atomic mass is 9.84. The van der Waals surface area contributed by atoms with Gasteiger partial charge in [-0.25, -0.2) is 0 Å². The predicted molar refractivity (Wildman–Crippen MR) is 75.5 cm³/mol. The Morgan fingerprint density at radius 2 is 2.26 bits per heavy atom. The molecule has 0 aromatic carbocycles. The van der Waals surface area contributed by atoms with Gasteiger partial charge in [0.05, 0.1) is 11.7 Å². The van der Waals surface area contributed by atoms with Gasteiger partial charge in [0.15, 0.2) is 0 Å². The zero-order valence-corrected chi connectivity index (χ0v) is 12.2. The van der Waals surface area contributed by atoms with Crippen LogP contribution in [0.1, 0.15) is 39.0 Å². The van der Waals surface area contributed by atoms with E-state index in [1.165, 1.54) is 32.1 Å². The second kappa shape index (κ2) is 7.77. The summed E-state index contributed by atoms with van der Waals surface area (Å²) >= 11 is 1.11. The third-order valence-corrected chi connectivity index (χ3v) is 4.26. The number of hydrogen-bond donors (Lipinski definition) is 2. The molecule has 0 amide bonds. The van der Waals surface area contributed by atoms with Gasteiger partial charge in [-0.2, -0.15) is 4.37 Å². The molecular weight excluding hydrogens is 262 g/mol. The van der Waals surface area contributed by atoms with Crippen LogP contribution >= 0.6 is 11.7 Å². The molecule has 5 nitrogen and oxygen atoms in total. The van der Waals surface area contributed by atoms with Gasteiger partial charge in [0.1, 0.15) is 18.9 Å². The summed E-state index contributed by atoms with van der Waals surface area (Å²) in [4.78, 5) is 0. The van der Waals surface area contributed by atoms with E-state index in [1.54, 1.807) is 6.20 Å². The van der Waals surface area contributed by atoms with E-state index in [-0.39, 0.29) is 6.61 Å². The standard InChI is InChI=1S/C13H23N3O2S/c1-10(11-5-3-2-4-6-11)14-7-12(17)9-18-13-8-15-19-16-13/h8,10-12,14,17H,2-7,9H2,1H3/t10-,12?/m1/s1. The zero-order chi connectivity index (χ0) is 13.5. The highest BCUT2D eigenvalue weighted by atomic mass is 32.1. The van der Waals surface area contributed by atoms with Gasteiger partial charge < -0.3 is 15.2 Å². The number of nitrogens with one attached hydrogen (secondary N) is 1. The number of aromatic nitrogens is 2. The van der Waals surface area contributed by atoms with Gasteiger partial charge in [-0.1, -0.05) is 19.3 Å². The van der Waals surface area contributed by atoms with Crippen LogP contribution in [0.25, 0.3) is 0 Å². The first kappa shape index (κ1) is 14.7. The van der Waals surface area contributed by atoms with E-state index in [1.807, 2.05) is 0 Å². The Balaban J connectivity index is 1.60. The number of hydrogen-bond acceptors (Lipinski definition) is 6. The molecule has 1 unspecified atom stereocenters. The monoisotopic (exact) mass is 285 g/mol. The summed E-state index contributed by atoms with van der Waals surface area (Å²) in [6.45, 7) is 3.04. The van der Waals surface area contributed by atoms with Crippen molar-refractivity contribution in [3.05, 3.63) is 6.20 Å². The van der Waals surface area contributed by atoms with Crippen molar-refractivity contribution in [1.82, 2.24) is 14.1 Å². The van der Waals surface area contributed by atoms with Crippen LogP contribution in [0.2, 0.25) is 0 Å². The maximum Gasteiger partial charge on any atom is 0.245 e. The van der Waals surface area contributed by atoms with Gasteiger partial charge in [0, 0.05) is 12.6 Å². The molecular formula is C13H23N3O2S. The van der Waals surface area contributed by atoms with E-state index in [4.69, 9.17) is 4.74 Å². The molecule has 0 aliphatic heterocycles. The van der Waals surface area contributed by atoms with Crippen molar-refractivity contribution in [2.45, 2.75) is 51.2 Å². The molecule has 0 saturated heterocycles. The quantitative estimate of drug-likeness (QED) is 0.800. The van der Waals surface area contributed by atoms with Crippen molar-refractivity contribution < 1.29 is 9.84 Å². The Labute approximate surface area is 118 Å². The molecule has 1 aliphatic carbocycles. The highest BCUT2D eigenvalue weighted by Gasteiger charge is 2.20. The van der Waals surface area contributed by atoms with Gasteiger partial charge in [-0.15, -0.1) is 4.37 Å². The van der Waals surface area contributed by atoms with Crippen LogP contribution in [0.3, 0.4) is 0 Å². The average Bonchev–Trinajstić information content (AvgIpc) is 2.96. The molecule has 1 aliphatic rings. The summed E-state index contributed by atoms with van der Waals surface area (Å²) in [6.07, 6.45) is 7.75. The van der Waals surface area contributed by atoms with Crippen LogP contribution in [0.5, 0.6) is 5.88 Å². The lowest BCUT2D eigenvalue weighted by Gasteiger charge is -2.29. The van der Waals surface area contributed by atoms with Crippen LogP contribution in [0.15, 0.2) is 6.20 Å². The largest absolute Gasteiger partial charge is 0.473 e. The fraction of sp³-hybridized carbons (Fsp3) is 0.846. The number of aliphatic hydroxyl groups excluding tert-OH is 1. The van der Waals surface area contributed by atoms with Crippen molar-refractivity contribution in [2.75, 3.05) is 13.2 Å². The van der Waals surface area contributed by atoms with Crippen molar-refractivity contribution in [1.29, 1.82) is 0 Å². The summed E-state index contributed by atoms with van der Waals surface area (Å²) in [5.74, 6) is 1.24. The maximum absolute atomic E-state index is 9.86. The molecule has 0 spiro atoms. The Morgan fingerprint density at radius 1 is 1.47 bits per heavy atom. The summed E-state index contributed by atoms with van der Waals surface area (Å²) < 4.78 is 13.1. The average molecular weight is 285 g/mol. The zero-order valence-electron chi connectivity index (χ0n) is 11.4. The predicted octanol–water partition coefficient (Wildman–Crippen LogP) is 1.84. The van der Waals surface area contributed by atoms with Gasteiger partial charge in [-0.05, 0) is 25.7 Å². The lowest BCUT2D eigenvalue weighted by molar-refractivity contribution is 0.0982. The van der Waals surface area contributed by atoms with Crippen LogP contribution in [0, 0.1) is 5.92 Å². The van der Waals surface area contributed by atoms with Gasteiger partial charge in [-0.3, -0.25) is 0 Å². The van der Waals surface area contributed by atoms with E-state index in [0.717, 1.165) is 17.6 Å². The summed E-state index contributed by atoms with van der Waals surface area (Å²) in [6, 6.07) is 0.468. The molecule has 19 heavy (non-hydrogen) atoms. The number of rotatable bonds is 7. The normalized spacial score (nSPS) is 20.1. The number of ether oxygens (including phenoxy) is 1. The topological polar surface area (TPSA) is 67.3 Å². The molecule has 1 aromatic rings. The molecule has 0 bridgehead atoms. The molecule has 1 aromatic heterocycles. The SMILES string of the molecule is C[C@@H](NCC(O)COc1cnsn1)C1CCCCC1. The molecule has 2 rings (SSSR count). The molecule has 1 fully saturated rings. The van der Waals surface area contributed by atoms with Crippen molar-refractivity contribution in [3.8, 4) is 5.88 Å². The number of nitrogens with zero attached hydrogens (tertiary/aromatic N) is 2. The smallest absolute Gasteiger partial charge is 0.245 e. The molecule has 108 valence electrons. The first-order chi connectivity index (χ1) is 9.25. The fourth-order valence-electron chi connectivity index (χ4n) is 2.58. The first-order valence-electron chi connectivity index (χ1n) is 7.07. The van der Waals surface area contributed by atoms with E-state index in [9.17, 15) is 5.11 Å². The third kappa shape index (κ3) is 5.04. The van der Waals surface area contributed by atoms with Crippen molar-refractivity contribution >= 4 is 11.7 Å². The number of aliphatic hydroxyl groups is 1. The van der Waals surface area contributed by atoms with Crippen molar-refractivity contribution in [2.24, 2.45) is 5.92 Å². The van der Waals surface area contributed by atoms with E-state index < -0.39 is 6.10 Å². The molecule has 1 saturated carbocycles. The van der Waals surface area contributed by atoms with Gasteiger partial charge >= 0.3 is 0 Å². The Hall–Kier alpha value is -0.720. The summed E-state index contributed by atoms with van der Waals surface area (Å²) in [5.41, 5.74) is 0. The third-order valence-electron chi connectivity index (χ3n) is 3.80. The highest BCUT2D eigenvalue weighted by molar-refractivity contribution is 6.99. The molecule has 0 radical (unpaired) electrons. The molecule has 2 N–H and O–H groups in total. The minimum Gasteiger partial charge on any atom is -0.473 e. The minimum absolute atomic E-state index is 0.260. The van der Waals surface area contributed by atoms with Crippen LogP contribution < -0.4 is 10.1 Å². The highest BCUT2D eigenvalue weighted by Crippen LogP contribution is 2.26. The van der Waals surface area contributed by atoms with Crippen LogP contribution in [-0.4, -0.2) is 39.2 Å². The van der Waals surface area contributed by atoms with E-state index >= 15 is 0 Å². The Bertz CT molecular complexity index is 342. The Kier molecular flexibility index (Phi) is 6.00. The van der Waals surface area contributed by atoms with Gasteiger partial charge in [0.25, 0.3) is 0 Å². The molecule has 2 atom stereocenters. The first-order valence-corrected chi connectivity index (χ1v) is 7.80. The van der Waals surface area contributed by atoms with Crippen LogP contribution in [0.4, 0.5) is 0 Å². The second-order valence-corrected chi connectivity index (χ2v) is 5.86. The molecule has 6 heteroatoms. The minimum atomic E-state index is -0.507. The summed E-state index contributed by atoms with van der Waals surface area (Å²) in [7, 11) is 0. The fourth-order valence-corrected chi connectivity index (χ4v) is 2.95. The van der Waals surface area contributed by atoms with Gasteiger partial charge in [0.2, 0.25) is 5.88 Å². The summed E-state index contributed by atoms with van der Waals surface area (Å²) in [5, 5.41) is 13.3. The van der Waals surface area contributed by atoms with Crippen molar-refractivity contribution in [3.63, 3.8) is 0 Å². The second-order valence-electron chi connectivity index (χ2n) is 5.31. The Morgan fingerprint density at radius 3 is 2.95 bits per heavy atom.